The fourth-order valence-corrected chi connectivity index (χ4v) is 11.2. The Morgan fingerprint density at radius 3 is 1.36 bits per heavy atom. The molecule has 294 valence electrons. The summed E-state index contributed by atoms with van der Waals surface area (Å²) in [5.41, 5.74) is 1.89. The van der Waals surface area contributed by atoms with Gasteiger partial charge in [0.2, 0.25) is 0 Å². The predicted molar refractivity (Wildman–Crippen MR) is 210 cm³/mol. The molecule has 3 aromatic heterocycles. The number of benzene rings is 2. The van der Waals surface area contributed by atoms with Crippen LogP contribution in [-0.2, 0) is 20.2 Å². The summed E-state index contributed by atoms with van der Waals surface area (Å²) in [4.78, 5) is 5.94. The van der Waals surface area contributed by atoms with Crippen LogP contribution < -0.4 is 28.4 Å². The highest BCUT2D eigenvalue weighted by molar-refractivity contribution is 7.86. The lowest BCUT2D eigenvalue weighted by Gasteiger charge is -2.21. The monoisotopic (exact) mass is 847 g/mol. The highest BCUT2D eigenvalue weighted by atomic mass is 32.2. The first-order valence-electron chi connectivity index (χ1n) is 17.6. The molecule has 0 bridgehead atoms. The Balaban J connectivity index is 0.000000171. The SMILES string of the molecule is CCC(CC(C)c1ccc(S(=O)(=O)[O-])cc1)c1ccc(S(=O)(=O)O)cc1.Cc1sc(-c2sc(-c3sc(C)c4c3OCCO4)c3c2OCCO3)c2c1OCCO2. The fraction of sp³-hybridized carbons (Fsp3) is 0.368. The van der Waals surface area contributed by atoms with Gasteiger partial charge >= 0.3 is 0 Å². The molecule has 0 fully saturated rings. The van der Waals surface area contributed by atoms with E-state index < -0.39 is 20.2 Å². The molecule has 2 aromatic carbocycles. The van der Waals surface area contributed by atoms with Gasteiger partial charge in [-0.3, -0.25) is 4.55 Å². The summed E-state index contributed by atoms with van der Waals surface area (Å²) in [6.45, 7) is 11.5. The molecule has 17 heteroatoms. The topological polar surface area (TPSA) is 167 Å². The Hall–Kier alpha value is -3.84. The van der Waals surface area contributed by atoms with Crippen molar-refractivity contribution in [3.05, 3.63) is 69.4 Å². The molecule has 6 heterocycles. The maximum absolute atomic E-state index is 11.1. The molecule has 5 aromatic rings. The largest absolute Gasteiger partial charge is 0.744 e. The quantitative estimate of drug-likeness (QED) is 0.141. The zero-order chi connectivity index (χ0) is 39.1. The number of rotatable bonds is 9. The van der Waals surface area contributed by atoms with E-state index >= 15 is 0 Å². The van der Waals surface area contributed by atoms with Crippen LogP contribution in [0.15, 0.2) is 58.3 Å². The molecule has 0 radical (unpaired) electrons. The van der Waals surface area contributed by atoms with Gasteiger partial charge in [-0.25, -0.2) is 8.42 Å². The highest BCUT2D eigenvalue weighted by Crippen LogP contribution is 2.62. The molecule has 2 atom stereocenters. The molecule has 0 saturated heterocycles. The van der Waals surface area contributed by atoms with Crippen molar-refractivity contribution < 1.29 is 54.4 Å². The van der Waals surface area contributed by atoms with Gasteiger partial charge < -0.3 is 33.0 Å². The first-order valence-corrected chi connectivity index (χ1v) is 22.9. The van der Waals surface area contributed by atoms with Crippen molar-refractivity contribution in [1.82, 2.24) is 0 Å². The summed E-state index contributed by atoms with van der Waals surface area (Å²) >= 11 is 5.00. The molecule has 12 nitrogen and oxygen atoms in total. The molecule has 1 N–H and O–H groups in total. The van der Waals surface area contributed by atoms with E-state index in [4.69, 9.17) is 33.0 Å². The molecular formula is C38H39O12S5-. The second kappa shape index (κ2) is 16.0. The number of fused-ring (bicyclic) bond motifs is 3. The van der Waals surface area contributed by atoms with Crippen LogP contribution in [0.1, 0.15) is 59.4 Å². The summed E-state index contributed by atoms with van der Waals surface area (Å²) < 4.78 is 100. The predicted octanol–water partition coefficient (Wildman–Crippen LogP) is 8.66. The third-order valence-electron chi connectivity index (χ3n) is 9.46. The molecule has 55 heavy (non-hydrogen) atoms. The van der Waals surface area contributed by atoms with Crippen LogP contribution >= 0.6 is 34.0 Å². The van der Waals surface area contributed by atoms with Gasteiger partial charge in [0, 0.05) is 9.75 Å². The normalized spacial score (nSPS) is 15.8. The van der Waals surface area contributed by atoms with Crippen molar-refractivity contribution in [1.29, 1.82) is 0 Å². The third-order valence-corrected chi connectivity index (χ3v) is 14.8. The molecular weight excluding hydrogens is 809 g/mol. The van der Waals surface area contributed by atoms with Gasteiger partial charge in [-0.2, -0.15) is 8.42 Å². The zero-order valence-electron chi connectivity index (χ0n) is 30.4. The molecule has 0 saturated carbocycles. The number of aryl methyl sites for hydroxylation is 2. The van der Waals surface area contributed by atoms with Gasteiger partial charge in [-0.1, -0.05) is 38.1 Å². The van der Waals surface area contributed by atoms with E-state index in [9.17, 15) is 21.4 Å². The van der Waals surface area contributed by atoms with Gasteiger partial charge in [0.1, 0.15) is 49.8 Å². The van der Waals surface area contributed by atoms with Crippen molar-refractivity contribution in [3.63, 3.8) is 0 Å². The lowest BCUT2D eigenvalue weighted by atomic mass is 9.85. The van der Waals surface area contributed by atoms with Crippen molar-refractivity contribution in [3.8, 4) is 54.0 Å². The summed E-state index contributed by atoms with van der Waals surface area (Å²) in [6.07, 6.45) is 1.60. The highest BCUT2D eigenvalue weighted by Gasteiger charge is 2.35. The lowest BCUT2D eigenvalue weighted by molar-refractivity contribution is 0.170. The third kappa shape index (κ3) is 8.19. The van der Waals surface area contributed by atoms with E-state index in [1.165, 1.54) is 24.3 Å². The van der Waals surface area contributed by atoms with Crippen LogP contribution in [0.4, 0.5) is 0 Å². The van der Waals surface area contributed by atoms with Gasteiger partial charge in [-0.05, 0) is 73.9 Å². The maximum atomic E-state index is 11.1. The first kappa shape index (κ1) is 39.4. The van der Waals surface area contributed by atoms with Crippen LogP contribution in [0.5, 0.6) is 34.5 Å². The number of hydrogen-bond acceptors (Lipinski definition) is 14. The minimum atomic E-state index is -4.45. The minimum absolute atomic E-state index is 0.115. The smallest absolute Gasteiger partial charge is 0.294 e. The Bertz CT molecular complexity index is 2310. The van der Waals surface area contributed by atoms with E-state index in [-0.39, 0.29) is 21.6 Å². The first-order chi connectivity index (χ1) is 26.2. The Morgan fingerprint density at radius 1 is 0.600 bits per heavy atom. The average molecular weight is 848 g/mol. The van der Waals surface area contributed by atoms with Gasteiger partial charge in [0.25, 0.3) is 10.1 Å². The van der Waals surface area contributed by atoms with E-state index in [2.05, 4.69) is 13.8 Å². The number of thiophene rings is 3. The lowest BCUT2D eigenvalue weighted by Crippen LogP contribution is -2.16. The fourth-order valence-electron chi connectivity index (χ4n) is 6.71. The molecule has 2 unspecified atom stereocenters. The van der Waals surface area contributed by atoms with Crippen LogP contribution in [-0.4, -0.2) is 65.6 Å². The molecule has 0 aliphatic carbocycles. The molecule has 0 spiro atoms. The van der Waals surface area contributed by atoms with Crippen molar-refractivity contribution >= 4 is 54.2 Å². The van der Waals surface area contributed by atoms with Crippen LogP contribution in [0, 0.1) is 13.8 Å². The van der Waals surface area contributed by atoms with E-state index in [0.29, 0.717) is 39.6 Å². The Labute approximate surface area is 332 Å². The Morgan fingerprint density at radius 2 is 0.964 bits per heavy atom. The summed E-state index contributed by atoms with van der Waals surface area (Å²) in [5.74, 6) is 5.17. The summed E-state index contributed by atoms with van der Waals surface area (Å²) in [7, 11) is -8.66. The summed E-state index contributed by atoms with van der Waals surface area (Å²) in [5, 5.41) is 0. The van der Waals surface area contributed by atoms with Gasteiger partial charge in [0.05, 0.1) is 29.3 Å². The maximum Gasteiger partial charge on any atom is 0.294 e. The van der Waals surface area contributed by atoms with Crippen molar-refractivity contribution in [2.45, 2.75) is 62.2 Å². The standard InChI is InChI=1S/C20H18O6S3.C18H22O6S2/c1-9-11-13(23-5-3-21-11)17(27-9)19-15-16(26-8-7-25-15)20(29-19)18-14-12(10(2)28-18)22-4-6-24-14;1-3-14(16-6-10-18(11-7-16)26(22,23)24)12-13(2)15-4-8-17(9-5-15)25(19,20)21/h3-8H2,1-2H3;4-11,13-14H,3,12H2,1-2H3,(H,19,20,21)(H,22,23,24)/p-1. The van der Waals surface area contributed by atoms with Crippen molar-refractivity contribution in [2.24, 2.45) is 0 Å². The minimum Gasteiger partial charge on any atom is -0.744 e. The van der Waals surface area contributed by atoms with Crippen LogP contribution in [0.2, 0.25) is 0 Å². The van der Waals surface area contributed by atoms with Gasteiger partial charge in [-0.15, -0.1) is 34.0 Å². The second-order valence-corrected chi connectivity index (χ2v) is 19.4. The number of ether oxygens (including phenoxy) is 6. The van der Waals surface area contributed by atoms with Crippen LogP contribution in [0.3, 0.4) is 0 Å². The average Bonchev–Trinajstić information content (AvgIpc) is 3.84. The number of hydrogen-bond donors (Lipinski definition) is 1. The second-order valence-electron chi connectivity index (χ2n) is 13.1. The molecule has 0 amide bonds. The van der Waals surface area contributed by atoms with Crippen molar-refractivity contribution in [2.75, 3.05) is 39.6 Å². The van der Waals surface area contributed by atoms with E-state index in [1.807, 2.05) is 13.8 Å². The molecule has 3 aliphatic rings. The zero-order valence-corrected chi connectivity index (χ0v) is 34.5. The molecule has 3 aliphatic heterocycles. The Kier molecular flexibility index (Phi) is 11.4. The van der Waals surface area contributed by atoms with E-state index in [1.54, 1.807) is 58.3 Å². The molecule has 8 rings (SSSR count). The summed E-state index contributed by atoms with van der Waals surface area (Å²) in [6, 6.07) is 12.1. The van der Waals surface area contributed by atoms with E-state index in [0.717, 1.165) is 87.7 Å². The van der Waals surface area contributed by atoms with Crippen LogP contribution in [0.25, 0.3) is 19.5 Å². The van der Waals surface area contributed by atoms with Gasteiger partial charge in [0.15, 0.2) is 34.5 Å².